The largest absolute Gasteiger partial charge is 0.478 e. The number of nitrogens with zero attached hydrogens (tertiary/aromatic N) is 3. The van der Waals surface area contributed by atoms with Crippen LogP contribution in [0, 0.1) is 0 Å². The number of para-hydroxylation sites is 1. The Labute approximate surface area is 116 Å². The van der Waals surface area contributed by atoms with Crippen LogP contribution in [0.15, 0.2) is 42.7 Å². The van der Waals surface area contributed by atoms with Crippen molar-refractivity contribution in [2.24, 2.45) is 7.05 Å². The Hall–Kier alpha value is -2.56. The molecule has 3 aromatic rings. The van der Waals surface area contributed by atoms with Gasteiger partial charge in [0.15, 0.2) is 0 Å². The fourth-order valence-electron chi connectivity index (χ4n) is 2.50. The van der Waals surface area contributed by atoms with Gasteiger partial charge in [0.1, 0.15) is 0 Å². The molecule has 2 heterocycles. The molecule has 0 radical (unpaired) electrons. The predicted molar refractivity (Wildman–Crippen MR) is 75.8 cm³/mol. The van der Waals surface area contributed by atoms with Gasteiger partial charge in [-0.25, -0.2) is 4.79 Å². The lowest BCUT2D eigenvalue weighted by Gasteiger charge is -2.08. The second kappa shape index (κ2) is 4.85. The van der Waals surface area contributed by atoms with Gasteiger partial charge in [0.25, 0.3) is 0 Å². The monoisotopic (exact) mass is 269 g/mol. The van der Waals surface area contributed by atoms with E-state index in [1.807, 2.05) is 40.7 Å². The van der Waals surface area contributed by atoms with Crippen LogP contribution in [0.2, 0.25) is 0 Å². The lowest BCUT2D eigenvalue weighted by molar-refractivity contribution is 0.0698. The van der Waals surface area contributed by atoms with Crippen molar-refractivity contribution in [2.45, 2.75) is 13.0 Å². The summed E-state index contributed by atoms with van der Waals surface area (Å²) in [6.07, 6.45) is 4.52. The quantitative estimate of drug-likeness (QED) is 0.790. The fraction of sp³-hybridized carbons (Fsp3) is 0.200. The van der Waals surface area contributed by atoms with Gasteiger partial charge in [0, 0.05) is 43.5 Å². The molecule has 0 bridgehead atoms. The average Bonchev–Trinajstić information content (AvgIpc) is 3.02. The summed E-state index contributed by atoms with van der Waals surface area (Å²) in [5.41, 5.74) is 2.25. The molecule has 5 nitrogen and oxygen atoms in total. The maximum Gasteiger partial charge on any atom is 0.337 e. The van der Waals surface area contributed by atoms with E-state index in [1.54, 1.807) is 18.3 Å². The summed E-state index contributed by atoms with van der Waals surface area (Å²) < 4.78 is 3.83. The zero-order valence-electron chi connectivity index (χ0n) is 11.2. The fourth-order valence-corrected chi connectivity index (χ4v) is 2.50. The Kier molecular flexibility index (Phi) is 3.02. The van der Waals surface area contributed by atoms with E-state index in [2.05, 4.69) is 5.10 Å². The van der Waals surface area contributed by atoms with Crippen LogP contribution in [0.3, 0.4) is 0 Å². The molecule has 5 heteroatoms. The highest BCUT2D eigenvalue weighted by molar-refractivity contribution is 6.02. The molecule has 0 unspecified atom stereocenters. The number of hydrogen-bond acceptors (Lipinski definition) is 2. The van der Waals surface area contributed by atoms with Gasteiger partial charge in [0.2, 0.25) is 0 Å². The van der Waals surface area contributed by atoms with E-state index in [0.29, 0.717) is 5.56 Å². The van der Waals surface area contributed by atoms with Crippen molar-refractivity contribution in [2.75, 3.05) is 0 Å². The minimum Gasteiger partial charge on any atom is -0.478 e. The molecule has 2 aromatic heterocycles. The van der Waals surface area contributed by atoms with Crippen molar-refractivity contribution in [3.05, 3.63) is 54.0 Å². The van der Waals surface area contributed by atoms with Crippen molar-refractivity contribution < 1.29 is 9.90 Å². The summed E-state index contributed by atoms with van der Waals surface area (Å²) in [4.78, 5) is 11.3. The van der Waals surface area contributed by atoms with E-state index < -0.39 is 5.97 Å². The first-order valence-corrected chi connectivity index (χ1v) is 6.45. The number of carbonyl (C=O) groups is 1. The number of carboxylic acids is 1. The molecule has 0 fully saturated rings. The van der Waals surface area contributed by atoms with Gasteiger partial charge in [-0.3, -0.25) is 4.68 Å². The van der Waals surface area contributed by atoms with Gasteiger partial charge in [-0.15, -0.1) is 0 Å². The molecule has 1 aromatic carbocycles. The molecule has 0 saturated heterocycles. The second-order valence-corrected chi connectivity index (χ2v) is 4.75. The number of aromatic nitrogens is 3. The summed E-state index contributed by atoms with van der Waals surface area (Å²) in [5.74, 6) is -0.893. The highest BCUT2D eigenvalue weighted by Crippen LogP contribution is 2.21. The number of carboxylic acid groups (broad SMARTS) is 1. The van der Waals surface area contributed by atoms with Crippen molar-refractivity contribution >= 4 is 16.9 Å². The van der Waals surface area contributed by atoms with Crippen molar-refractivity contribution in [1.29, 1.82) is 0 Å². The molecule has 0 aliphatic carbocycles. The molecule has 1 N–H and O–H groups in total. The van der Waals surface area contributed by atoms with Crippen molar-refractivity contribution in [1.82, 2.24) is 14.3 Å². The zero-order valence-corrected chi connectivity index (χ0v) is 11.2. The van der Waals surface area contributed by atoms with E-state index in [-0.39, 0.29) is 0 Å². The van der Waals surface area contributed by atoms with Gasteiger partial charge in [-0.1, -0.05) is 12.1 Å². The normalized spacial score (nSPS) is 11.1. The molecule has 0 spiro atoms. The second-order valence-electron chi connectivity index (χ2n) is 4.75. The zero-order chi connectivity index (χ0) is 14.1. The highest BCUT2D eigenvalue weighted by atomic mass is 16.4. The third-order valence-corrected chi connectivity index (χ3v) is 3.55. The first-order chi connectivity index (χ1) is 9.66. The van der Waals surface area contributed by atoms with Crippen LogP contribution in [-0.2, 0) is 20.0 Å². The lowest BCUT2D eigenvalue weighted by Crippen LogP contribution is -2.07. The van der Waals surface area contributed by atoms with Crippen LogP contribution in [-0.4, -0.2) is 25.4 Å². The van der Waals surface area contributed by atoms with E-state index in [4.69, 9.17) is 0 Å². The third kappa shape index (κ3) is 2.07. The Morgan fingerprint density at radius 2 is 2.15 bits per heavy atom. The van der Waals surface area contributed by atoms with Gasteiger partial charge < -0.3 is 9.67 Å². The van der Waals surface area contributed by atoms with Crippen molar-refractivity contribution in [3.8, 4) is 0 Å². The molecule has 0 saturated carbocycles. The molecule has 0 atom stereocenters. The first-order valence-electron chi connectivity index (χ1n) is 6.45. The van der Waals surface area contributed by atoms with Crippen LogP contribution in [0.25, 0.3) is 10.9 Å². The van der Waals surface area contributed by atoms with Crippen LogP contribution in [0.4, 0.5) is 0 Å². The number of fused-ring (bicyclic) bond motifs is 1. The topological polar surface area (TPSA) is 60.0 Å². The van der Waals surface area contributed by atoms with Gasteiger partial charge in [-0.05, 0) is 18.2 Å². The number of rotatable bonds is 4. The van der Waals surface area contributed by atoms with Crippen LogP contribution in [0.1, 0.15) is 16.1 Å². The number of aryl methyl sites for hydroxylation is 3. The van der Waals surface area contributed by atoms with E-state index >= 15 is 0 Å². The molecule has 102 valence electrons. The first kappa shape index (κ1) is 12.5. The summed E-state index contributed by atoms with van der Waals surface area (Å²) in [5, 5.41) is 14.4. The van der Waals surface area contributed by atoms with Gasteiger partial charge in [0.05, 0.1) is 11.1 Å². The molecule has 3 rings (SSSR count). The maximum absolute atomic E-state index is 11.3. The summed E-state index contributed by atoms with van der Waals surface area (Å²) in [7, 11) is 1.91. The minimum absolute atomic E-state index is 0.345. The number of aromatic carboxylic acids is 1. The van der Waals surface area contributed by atoms with Crippen LogP contribution < -0.4 is 0 Å². The SMILES string of the molecule is Cn1nccc1CCn1ccc2cccc(C(=O)O)c21. The smallest absolute Gasteiger partial charge is 0.337 e. The van der Waals surface area contributed by atoms with Crippen molar-refractivity contribution in [3.63, 3.8) is 0 Å². The molecule has 0 amide bonds. The molecule has 20 heavy (non-hydrogen) atoms. The molecule has 0 aliphatic heterocycles. The van der Waals surface area contributed by atoms with E-state index in [9.17, 15) is 9.90 Å². The lowest BCUT2D eigenvalue weighted by atomic mass is 10.1. The number of benzene rings is 1. The average molecular weight is 269 g/mol. The number of hydrogen-bond donors (Lipinski definition) is 1. The Bertz CT molecular complexity index is 770. The Morgan fingerprint density at radius 3 is 2.85 bits per heavy atom. The van der Waals surface area contributed by atoms with Crippen LogP contribution in [0.5, 0.6) is 0 Å². The van der Waals surface area contributed by atoms with Gasteiger partial charge >= 0.3 is 5.97 Å². The Balaban J connectivity index is 1.96. The minimum atomic E-state index is -0.893. The van der Waals surface area contributed by atoms with Crippen LogP contribution >= 0.6 is 0 Å². The summed E-state index contributed by atoms with van der Waals surface area (Å²) >= 11 is 0. The van der Waals surface area contributed by atoms with E-state index in [0.717, 1.165) is 29.6 Å². The molecule has 0 aliphatic rings. The summed E-state index contributed by atoms with van der Waals surface area (Å²) in [6, 6.07) is 9.28. The third-order valence-electron chi connectivity index (χ3n) is 3.55. The predicted octanol–water partition coefficient (Wildman–Crippen LogP) is 2.32. The van der Waals surface area contributed by atoms with Gasteiger partial charge in [-0.2, -0.15) is 5.10 Å². The maximum atomic E-state index is 11.3. The Morgan fingerprint density at radius 1 is 1.30 bits per heavy atom. The highest BCUT2D eigenvalue weighted by Gasteiger charge is 2.12. The summed E-state index contributed by atoms with van der Waals surface area (Å²) in [6.45, 7) is 0.729. The standard InChI is InChI=1S/C15H15N3O2/c1-17-12(5-8-16-17)7-10-18-9-6-11-3-2-4-13(14(11)18)15(19)20/h2-6,8-9H,7,10H2,1H3,(H,19,20). The molecular formula is C15H15N3O2. The molecular weight excluding hydrogens is 254 g/mol. The van der Waals surface area contributed by atoms with E-state index in [1.165, 1.54) is 0 Å².